The Labute approximate surface area is 139 Å². The van der Waals surface area contributed by atoms with Gasteiger partial charge in [-0.05, 0) is 38.2 Å². The number of benzene rings is 1. The molecule has 2 heterocycles. The van der Waals surface area contributed by atoms with Gasteiger partial charge in [-0.2, -0.15) is 0 Å². The summed E-state index contributed by atoms with van der Waals surface area (Å²) in [5.74, 6) is 0.318. The highest BCUT2D eigenvalue weighted by molar-refractivity contribution is 7.47. The van der Waals surface area contributed by atoms with Crippen LogP contribution in [0.2, 0.25) is 0 Å². The highest BCUT2D eigenvalue weighted by atomic mass is 31.1. The summed E-state index contributed by atoms with van der Waals surface area (Å²) in [6.07, 6.45) is 0.699. The summed E-state index contributed by atoms with van der Waals surface area (Å²) in [6.45, 7) is 8.28. The van der Waals surface area contributed by atoms with Crippen molar-refractivity contribution in [1.82, 2.24) is 4.90 Å². The van der Waals surface area contributed by atoms with Crippen LogP contribution in [0.3, 0.4) is 0 Å². The van der Waals surface area contributed by atoms with Gasteiger partial charge in [0.15, 0.2) is 0 Å². The van der Waals surface area contributed by atoms with Gasteiger partial charge < -0.3 is 9.30 Å². The SMILES string of the molecule is CC(C)(C)OC(=O)[C@H]1[C@H]2CN(Cc3ccccc3)C[C@H]2C[PH]1=O. The molecule has 0 saturated carbocycles. The van der Waals surface area contributed by atoms with E-state index in [1.165, 1.54) is 5.56 Å². The minimum atomic E-state index is -1.87. The van der Waals surface area contributed by atoms with Crippen LogP contribution in [0.5, 0.6) is 0 Å². The summed E-state index contributed by atoms with van der Waals surface area (Å²) in [4.78, 5) is 14.8. The molecule has 0 radical (unpaired) electrons. The Kier molecular flexibility index (Phi) is 4.66. The van der Waals surface area contributed by atoms with Gasteiger partial charge in [-0.15, -0.1) is 0 Å². The van der Waals surface area contributed by atoms with Crippen LogP contribution in [0.4, 0.5) is 0 Å². The third kappa shape index (κ3) is 3.87. The third-order valence-electron chi connectivity index (χ3n) is 4.72. The van der Waals surface area contributed by atoms with Crippen molar-refractivity contribution in [3.63, 3.8) is 0 Å². The molecule has 0 N–H and O–H groups in total. The first-order valence-corrected chi connectivity index (χ1v) is 10.0. The van der Waals surface area contributed by atoms with E-state index in [0.29, 0.717) is 12.1 Å². The second-order valence-corrected chi connectivity index (χ2v) is 9.75. The molecule has 2 aliphatic heterocycles. The second-order valence-electron chi connectivity index (χ2n) is 7.79. The second kappa shape index (κ2) is 6.41. The number of likely N-dealkylation sites (tertiary alicyclic amines) is 1. The van der Waals surface area contributed by atoms with E-state index in [0.717, 1.165) is 19.6 Å². The molecule has 0 bridgehead atoms. The number of fused-ring (bicyclic) bond motifs is 1. The van der Waals surface area contributed by atoms with Crippen molar-refractivity contribution in [2.45, 2.75) is 38.6 Å². The summed E-state index contributed by atoms with van der Waals surface area (Å²) in [7, 11) is -1.87. The molecule has 0 spiro atoms. The van der Waals surface area contributed by atoms with Gasteiger partial charge in [-0.25, -0.2) is 0 Å². The molecular weight excluding hydrogens is 309 g/mol. The Morgan fingerprint density at radius 2 is 1.96 bits per heavy atom. The Balaban J connectivity index is 1.66. The summed E-state index contributed by atoms with van der Waals surface area (Å²) in [6, 6.07) is 10.4. The van der Waals surface area contributed by atoms with Gasteiger partial charge in [-0.1, -0.05) is 30.3 Å². The van der Waals surface area contributed by atoms with E-state index in [4.69, 9.17) is 4.74 Å². The van der Waals surface area contributed by atoms with Crippen LogP contribution < -0.4 is 0 Å². The smallest absolute Gasteiger partial charge is 0.317 e. The Morgan fingerprint density at radius 1 is 1.26 bits per heavy atom. The fourth-order valence-electron chi connectivity index (χ4n) is 3.85. The number of hydrogen-bond donors (Lipinski definition) is 0. The number of esters is 1. The van der Waals surface area contributed by atoms with Crippen molar-refractivity contribution in [2.24, 2.45) is 11.8 Å². The first-order chi connectivity index (χ1) is 10.8. The maximum atomic E-state index is 12.5. The zero-order valence-corrected chi connectivity index (χ0v) is 15.1. The maximum Gasteiger partial charge on any atom is 0.317 e. The van der Waals surface area contributed by atoms with E-state index in [9.17, 15) is 9.36 Å². The summed E-state index contributed by atoms with van der Waals surface area (Å²) in [5.41, 5.74) is 0.388. The normalized spacial score (nSPS) is 31.1. The number of ether oxygens (including phenoxy) is 1. The van der Waals surface area contributed by atoms with Crippen LogP contribution in [0.1, 0.15) is 26.3 Å². The van der Waals surface area contributed by atoms with Gasteiger partial charge in [0.05, 0.1) is 7.80 Å². The number of rotatable bonds is 3. The van der Waals surface area contributed by atoms with Crippen molar-refractivity contribution < 1.29 is 14.1 Å². The van der Waals surface area contributed by atoms with Gasteiger partial charge in [0, 0.05) is 25.8 Å². The van der Waals surface area contributed by atoms with E-state index >= 15 is 0 Å². The van der Waals surface area contributed by atoms with Crippen molar-refractivity contribution >= 4 is 13.8 Å². The van der Waals surface area contributed by atoms with Crippen LogP contribution in [0, 0.1) is 11.8 Å². The van der Waals surface area contributed by atoms with Crippen molar-refractivity contribution in [3.8, 4) is 0 Å². The highest BCUT2D eigenvalue weighted by Gasteiger charge is 2.50. The predicted molar refractivity (Wildman–Crippen MR) is 92.2 cm³/mol. The van der Waals surface area contributed by atoms with Crippen molar-refractivity contribution in [1.29, 1.82) is 0 Å². The molecular formula is C18H26NO3P. The van der Waals surface area contributed by atoms with Gasteiger partial charge >= 0.3 is 5.97 Å². The summed E-state index contributed by atoms with van der Waals surface area (Å²) >= 11 is 0. The highest BCUT2D eigenvalue weighted by Crippen LogP contribution is 2.51. The molecule has 2 saturated heterocycles. The van der Waals surface area contributed by atoms with Crippen molar-refractivity contribution in [2.75, 3.05) is 19.3 Å². The maximum absolute atomic E-state index is 12.5. The van der Waals surface area contributed by atoms with Gasteiger partial charge in [0.2, 0.25) is 0 Å². The molecule has 126 valence electrons. The van der Waals surface area contributed by atoms with Crippen molar-refractivity contribution in [3.05, 3.63) is 35.9 Å². The minimum Gasteiger partial charge on any atom is -0.459 e. The molecule has 4 atom stereocenters. The molecule has 3 rings (SSSR count). The molecule has 0 amide bonds. The average molecular weight is 335 g/mol. The molecule has 1 aromatic rings. The lowest BCUT2D eigenvalue weighted by molar-refractivity contribution is -0.155. The molecule has 2 fully saturated rings. The van der Waals surface area contributed by atoms with Crippen LogP contribution in [-0.4, -0.2) is 41.4 Å². The molecule has 4 nitrogen and oxygen atoms in total. The Hall–Kier alpha value is -1.12. The van der Waals surface area contributed by atoms with Crippen LogP contribution in [0.25, 0.3) is 0 Å². The van der Waals surface area contributed by atoms with E-state index in [1.807, 2.05) is 26.8 Å². The molecule has 5 heteroatoms. The van der Waals surface area contributed by atoms with Gasteiger partial charge in [-0.3, -0.25) is 9.69 Å². The molecule has 0 aromatic heterocycles. The van der Waals surface area contributed by atoms with Crippen LogP contribution in [0.15, 0.2) is 30.3 Å². The fourth-order valence-corrected chi connectivity index (χ4v) is 6.23. The minimum absolute atomic E-state index is 0.194. The number of carbonyl (C=O) groups is 1. The lowest BCUT2D eigenvalue weighted by Crippen LogP contribution is -2.34. The molecule has 1 unspecified atom stereocenters. The molecule has 2 aliphatic rings. The molecule has 23 heavy (non-hydrogen) atoms. The van der Waals surface area contributed by atoms with E-state index in [2.05, 4.69) is 29.2 Å². The van der Waals surface area contributed by atoms with Crippen LogP contribution >= 0.6 is 7.80 Å². The lowest BCUT2D eigenvalue weighted by Gasteiger charge is -2.24. The number of hydrogen-bond acceptors (Lipinski definition) is 4. The Bertz CT molecular complexity index is 596. The zero-order chi connectivity index (χ0) is 16.6. The standard InChI is InChI=1S/C18H26NO3P/c1-18(2,3)22-17(20)16-15-11-19(10-14(15)12-23(16)21)9-13-7-5-4-6-8-13/h4-8,14-16,23H,9-12H2,1-3H3/t14-,15-,16+/m0/s1. The monoisotopic (exact) mass is 335 g/mol. The molecule has 0 aliphatic carbocycles. The van der Waals surface area contributed by atoms with E-state index in [1.54, 1.807) is 0 Å². The van der Waals surface area contributed by atoms with Crippen LogP contribution in [-0.2, 0) is 20.6 Å². The van der Waals surface area contributed by atoms with Gasteiger partial charge in [0.1, 0.15) is 11.3 Å². The topological polar surface area (TPSA) is 46.6 Å². The zero-order valence-electron chi connectivity index (χ0n) is 14.1. The lowest BCUT2D eigenvalue weighted by atomic mass is 9.95. The Morgan fingerprint density at radius 3 is 2.61 bits per heavy atom. The number of carbonyl (C=O) groups excluding carboxylic acids is 1. The first kappa shape index (κ1) is 16.7. The third-order valence-corrected chi connectivity index (χ3v) is 7.00. The molecule has 1 aromatic carbocycles. The summed E-state index contributed by atoms with van der Waals surface area (Å²) in [5, 5.41) is 0. The number of nitrogens with zero attached hydrogens (tertiary/aromatic N) is 1. The quantitative estimate of drug-likeness (QED) is 0.629. The summed E-state index contributed by atoms with van der Waals surface area (Å²) < 4.78 is 18.0. The first-order valence-electron chi connectivity index (χ1n) is 8.35. The predicted octanol–water partition coefficient (Wildman–Crippen LogP) is 3.02. The van der Waals surface area contributed by atoms with E-state index < -0.39 is 13.4 Å². The average Bonchev–Trinajstić information content (AvgIpc) is 2.93. The largest absolute Gasteiger partial charge is 0.459 e. The fraction of sp³-hybridized carbons (Fsp3) is 0.611. The van der Waals surface area contributed by atoms with E-state index in [-0.39, 0.29) is 17.5 Å². The van der Waals surface area contributed by atoms with Gasteiger partial charge in [0.25, 0.3) is 0 Å².